The van der Waals surface area contributed by atoms with E-state index >= 15 is 0 Å². The first-order valence-electron chi connectivity index (χ1n) is 12.3. The molecule has 0 aromatic carbocycles. The fourth-order valence-electron chi connectivity index (χ4n) is 5.55. The summed E-state index contributed by atoms with van der Waals surface area (Å²) in [6.45, 7) is 4.13. The van der Waals surface area contributed by atoms with E-state index in [0.717, 1.165) is 25.7 Å². The number of hydrogen-bond donors (Lipinski definition) is 2. The Hall–Kier alpha value is -2.12. The van der Waals surface area contributed by atoms with Gasteiger partial charge in [-0.25, -0.2) is 9.59 Å². The first-order valence-corrected chi connectivity index (χ1v) is 12.3. The molecule has 3 aliphatic rings. The first-order chi connectivity index (χ1) is 15.4. The summed E-state index contributed by atoms with van der Waals surface area (Å²) in [6.07, 6.45) is 8.42. The van der Waals surface area contributed by atoms with E-state index in [9.17, 15) is 19.2 Å². The Balaban J connectivity index is 1.54. The van der Waals surface area contributed by atoms with Crippen molar-refractivity contribution in [1.82, 2.24) is 10.6 Å². The molecule has 3 fully saturated rings. The third-order valence-corrected chi connectivity index (χ3v) is 7.44. The monoisotopic (exact) mass is 450 g/mol. The Morgan fingerprint density at radius 1 is 0.656 bits per heavy atom. The minimum Gasteiger partial charge on any atom is -0.464 e. The van der Waals surface area contributed by atoms with Crippen LogP contribution in [0.25, 0.3) is 0 Å². The maximum Gasteiger partial charge on any atom is 0.331 e. The van der Waals surface area contributed by atoms with Gasteiger partial charge in [0.25, 0.3) is 0 Å². The van der Waals surface area contributed by atoms with Crippen LogP contribution in [0.5, 0.6) is 0 Å². The number of esters is 2. The Bertz CT molecular complexity index is 641. The number of carbonyl (C=O) groups excluding carboxylic acids is 4. The predicted molar refractivity (Wildman–Crippen MR) is 117 cm³/mol. The summed E-state index contributed by atoms with van der Waals surface area (Å²) in [5, 5.41) is 6.02. The number of hydrogen-bond acceptors (Lipinski definition) is 6. The first kappa shape index (κ1) is 24.5. The Labute approximate surface area is 190 Å². The van der Waals surface area contributed by atoms with Crippen molar-refractivity contribution in [2.45, 2.75) is 102 Å². The quantitative estimate of drug-likeness (QED) is 0.550. The minimum absolute atomic E-state index is 0.113. The normalized spacial score (nSPS) is 26.2. The van der Waals surface area contributed by atoms with Crippen molar-refractivity contribution in [2.24, 2.45) is 11.8 Å². The third kappa shape index (κ3) is 5.26. The standard InChI is InChI=1S/C24H38N2O6/c1-3-31-21(29)23(13-5-6-14-23)25-19(27)17-9-11-18(12-10-17)20(28)26-24(15-7-8-16-24)22(30)32-4-2/h17-18H,3-16H2,1-2H3,(H,25,27)(H,26,28). The SMILES string of the molecule is CCOC(=O)C1(NC(=O)C2CCC(C(=O)NC3(C(=O)OCC)CCCC3)CC2)CCCC1. The second kappa shape index (κ2) is 10.7. The maximum atomic E-state index is 13.0. The van der Waals surface area contributed by atoms with Crippen molar-refractivity contribution in [2.75, 3.05) is 13.2 Å². The molecule has 3 aliphatic carbocycles. The summed E-state index contributed by atoms with van der Waals surface area (Å²) < 4.78 is 10.5. The van der Waals surface area contributed by atoms with E-state index in [4.69, 9.17) is 9.47 Å². The van der Waals surface area contributed by atoms with Crippen molar-refractivity contribution in [1.29, 1.82) is 0 Å². The molecule has 0 spiro atoms. The second-order valence-corrected chi connectivity index (χ2v) is 9.55. The highest BCUT2D eigenvalue weighted by Gasteiger charge is 2.47. The molecule has 2 N–H and O–H groups in total. The second-order valence-electron chi connectivity index (χ2n) is 9.55. The van der Waals surface area contributed by atoms with Gasteiger partial charge in [-0.3, -0.25) is 9.59 Å². The van der Waals surface area contributed by atoms with E-state index < -0.39 is 11.1 Å². The number of rotatable bonds is 8. The molecule has 3 rings (SSSR count). The van der Waals surface area contributed by atoms with Gasteiger partial charge in [-0.1, -0.05) is 25.7 Å². The highest BCUT2D eigenvalue weighted by Crippen LogP contribution is 2.36. The zero-order chi connectivity index (χ0) is 23.2. The smallest absolute Gasteiger partial charge is 0.331 e. The Morgan fingerprint density at radius 3 is 1.25 bits per heavy atom. The fourth-order valence-corrected chi connectivity index (χ4v) is 5.55. The average Bonchev–Trinajstić information content (AvgIpc) is 3.45. The van der Waals surface area contributed by atoms with Crippen molar-refractivity contribution < 1.29 is 28.7 Å². The summed E-state index contributed by atoms with van der Waals surface area (Å²) in [6, 6.07) is 0. The highest BCUT2D eigenvalue weighted by molar-refractivity contribution is 5.91. The topological polar surface area (TPSA) is 111 Å². The van der Waals surface area contributed by atoms with Crippen LogP contribution in [0, 0.1) is 11.8 Å². The molecule has 0 heterocycles. The summed E-state index contributed by atoms with van der Waals surface area (Å²) in [4.78, 5) is 50.9. The van der Waals surface area contributed by atoms with E-state index in [1.165, 1.54) is 0 Å². The molecule has 0 saturated heterocycles. The van der Waals surface area contributed by atoms with Crippen molar-refractivity contribution in [3.05, 3.63) is 0 Å². The zero-order valence-corrected chi connectivity index (χ0v) is 19.5. The molecule has 180 valence electrons. The van der Waals surface area contributed by atoms with Gasteiger partial charge in [-0.15, -0.1) is 0 Å². The fraction of sp³-hybridized carbons (Fsp3) is 0.833. The van der Waals surface area contributed by atoms with E-state index in [1.807, 2.05) is 0 Å². The lowest BCUT2D eigenvalue weighted by Gasteiger charge is -2.34. The summed E-state index contributed by atoms with van der Waals surface area (Å²) in [7, 11) is 0. The molecule has 0 atom stereocenters. The Kier molecular flexibility index (Phi) is 8.17. The molecule has 2 amide bonds. The van der Waals surface area contributed by atoms with Gasteiger partial charge < -0.3 is 20.1 Å². The summed E-state index contributed by atoms with van der Waals surface area (Å²) in [5.74, 6) is -1.32. The largest absolute Gasteiger partial charge is 0.464 e. The number of nitrogens with one attached hydrogen (secondary N) is 2. The van der Waals surface area contributed by atoms with E-state index in [2.05, 4.69) is 10.6 Å². The van der Waals surface area contributed by atoms with Gasteiger partial charge in [0.15, 0.2) is 0 Å². The number of ether oxygens (including phenoxy) is 2. The minimum atomic E-state index is -0.893. The van der Waals surface area contributed by atoms with E-state index in [0.29, 0.717) is 64.6 Å². The summed E-state index contributed by atoms with van der Waals surface area (Å²) in [5.41, 5.74) is -1.79. The molecule has 0 aromatic rings. The van der Waals surface area contributed by atoms with Gasteiger partial charge in [0.1, 0.15) is 11.1 Å². The average molecular weight is 451 g/mol. The maximum absolute atomic E-state index is 13.0. The molecule has 0 unspecified atom stereocenters. The van der Waals surface area contributed by atoms with Crippen molar-refractivity contribution in [3.8, 4) is 0 Å². The third-order valence-electron chi connectivity index (χ3n) is 7.44. The van der Waals surface area contributed by atoms with Crippen LogP contribution in [0.4, 0.5) is 0 Å². The molecular formula is C24H38N2O6. The van der Waals surface area contributed by atoms with Gasteiger partial charge in [0, 0.05) is 11.8 Å². The van der Waals surface area contributed by atoms with Gasteiger partial charge in [-0.05, 0) is 65.2 Å². The molecule has 8 nitrogen and oxygen atoms in total. The van der Waals surface area contributed by atoms with E-state index in [-0.39, 0.29) is 35.6 Å². The molecule has 3 saturated carbocycles. The van der Waals surface area contributed by atoms with Crippen LogP contribution in [-0.2, 0) is 28.7 Å². The van der Waals surface area contributed by atoms with Gasteiger partial charge in [-0.2, -0.15) is 0 Å². The molecule has 0 radical (unpaired) electrons. The van der Waals surface area contributed by atoms with Gasteiger partial charge in [0.05, 0.1) is 13.2 Å². The van der Waals surface area contributed by atoms with Crippen molar-refractivity contribution in [3.63, 3.8) is 0 Å². The number of amides is 2. The lowest BCUT2D eigenvalue weighted by atomic mass is 9.80. The van der Waals surface area contributed by atoms with Crippen LogP contribution < -0.4 is 10.6 Å². The van der Waals surface area contributed by atoms with Crippen LogP contribution >= 0.6 is 0 Å². The Morgan fingerprint density at radius 2 is 0.969 bits per heavy atom. The molecule has 0 aliphatic heterocycles. The molecule has 8 heteroatoms. The summed E-state index contributed by atoms with van der Waals surface area (Å²) >= 11 is 0. The van der Waals surface area contributed by atoms with Crippen LogP contribution in [0.1, 0.15) is 90.9 Å². The number of carbonyl (C=O) groups is 4. The lowest BCUT2D eigenvalue weighted by Crippen LogP contribution is -2.56. The molecule has 0 aromatic heterocycles. The van der Waals surface area contributed by atoms with E-state index in [1.54, 1.807) is 13.8 Å². The van der Waals surface area contributed by atoms with Crippen molar-refractivity contribution >= 4 is 23.8 Å². The molecule has 32 heavy (non-hydrogen) atoms. The van der Waals surface area contributed by atoms with Crippen LogP contribution in [-0.4, -0.2) is 48.0 Å². The van der Waals surface area contributed by atoms with Crippen LogP contribution in [0.2, 0.25) is 0 Å². The van der Waals surface area contributed by atoms with Crippen LogP contribution in [0.3, 0.4) is 0 Å². The predicted octanol–water partition coefficient (Wildman–Crippen LogP) is 2.78. The van der Waals surface area contributed by atoms with Gasteiger partial charge in [0.2, 0.25) is 11.8 Å². The van der Waals surface area contributed by atoms with Crippen LogP contribution in [0.15, 0.2) is 0 Å². The van der Waals surface area contributed by atoms with Gasteiger partial charge >= 0.3 is 11.9 Å². The molecular weight excluding hydrogens is 412 g/mol. The lowest BCUT2D eigenvalue weighted by molar-refractivity contribution is -0.154. The zero-order valence-electron chi connectivity index (χ0n) is 19.5. The highest BCUT2D eigenvalue weighted by atomic mass is 16.5. The molecule has 0 bridgehead atoms.